The molecule has 31 heavy (non-hydrogen) atoms. The summed E-state index contributed by atoms with van der Waals surface area (Å²) >= 11 is 5.67. The highest BCUT2D eigenvalue weighted by atomic mass is 35.5. The van der Waals surface area contributed by atoms with Crippen molar-refractivity contribution >= 4 is 11.6 Å². The molecule has 2 heterocycles. The highest BCUT2D eigenvalue weighted by Gasteiger charge is 2.58. The summed E-state index contributed by atoms with van der Waals surface area (Å²) in [6.07, 6.45) is -3.08. The molecule has 0 bridgehead atoms. The molecule has 1 aromatic carbocycles. The van der Waals surface area contributed by atoms with Gasteiger partial charge in [-0.25, -0.2) is 9.07 Å². The molecule has 3 rings (SSSR count). The molecule has 0 aliphatic heterocycles. The Labute approximate surface area is 175 Å². The molecule has 1 N–H and O–H groups in total. The number of rotatable bonds is 7. The molecule has 0 spiro atoms. The molecule has 1 unspecified atom stereocenters. The first-order valence-corrected chi connectivity index (χ1v) is 8.73. The third kappa shape index (κ3) is 4.88. The lowest BCUT2D eigenvalue weighted by atomic mass is 9.84. The number of pyridine rings is 1. The Morgan fingerprint density at radius 2 is 1.84 bits per heavy atom. The van der Waals surface area contributed by atoms with Crippen molar-refractivity contribution in [2.24, 2.45) is 0 Å². The van der Waals surface area contributed by atoms with Crippen molar-refractivity contribution in [1.29, 1.82) is 0 Å². The van der Waals surface area contributed by atoms with Gasteiger partial charge in [0.05, 0.1) is 12.7 Å². The van der Waals surface area contributed by atoms with Gasteiger partial charge in [0.2, 0.25) is 0 Å². The van der Waals surface area contributed by atoms with Gasteiger partial charge in [-0.2, -0.15) is 22.0 Å². The van der Waals surface area contributed by atoms with Gasteiger partial charge >= 0.3 is 12.1 Å². The Bertz CT molecular complexity index is 1030. The van der Waals surface area contributed by atoms with Gasteiger partial charge in [0.15, 0.2) is 12.2 Å². The van der Waals surface area contributed by atoms with E-state index in [0.717, 1.165) is 35.3 Å². The molecular formula is C17H12ClF6N5O2. The van der Waals surface area contributed by atoms with Crippen LogP contribution in [0.1, 0.15) is 11.3 Å². The van der Waals surface area contributed by atoms with Crippen LogP contribution in [0.2, 0.25) is 5.02 Å². The van der Waals surface area contributed by atoms with Gasteiger partial charge in [0.1, 0.15) is 23.6 Å². The van der Waals surface area contributed by atoms with E-state index >= 15 is 8.78 Å². The Kier molecular flexibility index (Phi) is 6.09. The van der Waals surface area contributed by atoms with E-state index < -0.39 is 53.7 Å². The van der Waals surface area contributed by atoms with E-state index in [4.69, 9.17) is 11.6 Å². The Morgan fingerprint density at radius 3 is 2.39 bits per heavy atom. The summed E-state index contributed by atoms with van der Waals surface area (Å²) < 4.78 is 87.3. The highest BCUT2D eigenvalue weighted by Crippen LogP contribution is 2.47. The maximum Gasteiger partial charge on any atom is 0.422 e. The first-order valence-electron chi connectivity index (χ1n) is 8.35. The van der Waals surface area contributed by atoms with E-state index in [9.17, 15) is 22.7 Å². The number of hydrogen-bond acceptors (Lipinski definition) is 6. The number of alkyl halides is 5. The van der Waals surface area contributed by atoms with Crippen molar-refractivity contribution in [3.63, 3.8) is 0 Å². The molecule has 2 aromatic heterocycles. The quantitative estimate of drug-likeness (QED) is 0.535. The third-order valence-corrected chi connectivity index (χ3v) is 4.37. The number of ether oxygens (including phenoxy) is 1. The van der Waals surface area contributed by atoms with Crippen LogP contribution in [-0.4, -0.2) is 43.1 Å². The molecule has 0 aliphatic rings. The number of nitrogens with zero attached hydrogens (tertiary/aromatic N) is 5. The minimum atomic E-state index is -4.64. The smallest absolute Gasteiger partial charge is 0.422 e. The zero-order chi connectivity index (χ0) is 22.9. The van der Waals surface area contributed by atoms with Gasteiger partial charge < -0.3 is 9.84 Å². The zero-order valence-electron chi connectivity index (χ0n) is 15.2. The summed E-state index contributed by atoms with van der Waals surface area (Å²) in [5.41, 5.74) is -5.13. The zero-order valence-corrected chi connectivity index (χ0v) is 15.9. The molecule has 0 fully saturated rings. The summed E-state index contributed by atoms with van der Waals surface area (Å²) in [5.74, 6) is -5.91. The molecule has 1 atom stereocenters. The van der Waals surface area contributed by atoms with E-state index in [0.29, 0.717) is 12.3 Å². The van der Waals surface area contributed by atoms with Crippen LogP contribution >= 0.6 is 11.6 Å². The fourth-order valence-electron chi connectivity index (χ4n) is 2.69. The number of benzene rings is 1. The molecule has 0 radical (unpaired) electrons. The Hall–Kier alpha value is -2.93. The van der Waals surface area contributed by atoms with Crippen LogP contribution in [0.4, 0.5) is 26.3 Å². The molecule has 7 nitrogen and oxygen atoms in total. The summed E-state index contributed by atoms with van der Waals surface area (Å²) in [6, 6.07) is 4.18. The fourth-order valence-corrected chi connectivity index (χ4v) is 2.85. The van der Waals surface area contributed by atoms with Gasteiger partial charge in [0.25, 0.3) is 0 Å². The van der Waals surface area contributed by atoms with Crippen molar-refractivity contribution in [3.8, 4) is 5.75 Å². The maximum atomic E-state index is 15.5. The van der Waals surface area contributed by atoms with E-state index in [2.05, 4.69) is 25.2 Å². The lowest BCUT2D eigenvalue weighted by Crippen LogP contribution is -2.48. The van der Waals surface area contributed by atoms with Crippen molar-refractivity contribution in [2.75, 3.05) is 6.61 Å². The lowest BCUT2D eigenvalue weighted by molar-refractivity contribution is -0.207. The predicted molar refractivity (Wildman–Crippen MR) is 92.8 cm³/mol. The summed E-state index contributed by atoms with van der Waals surface area (Å²) in [5, 5.41) is 20.9. The van der Waals surface area contributed by atoms with E-state index in [1.54, 1.807) is 0 Å². The third-order valence-electron chi connectivity index (χ3n) is 4.14. The molecule has 0 saturated heterocycles. The lowest BCUT2D eigenvalue weighted by Gasteiger charge is -2.35. The molecular weight excluding hydrogens is 456 g/mol. The molecule has 0 amide bonds. The second kappa shape index (κ2) is 8.30. The fraction of sp³-hybridized carbons (Fsp3) is 0.294. The average molecular weight is 468 g/mol. The molecule has 0 aliphatic carbocycles. The predicted octanol–water partition coefficient (Wildman–Crippen LogP) is 3.48. The monoisotopic (exact) mass is 467 g/mol. The van der Waals surface area contributed by atoms with Crippen LogP contribution in [0.3, 0.4) is 0 Å². The number of tetrazole rings is 1. The average Bonchev–Trinajstić information content (AvgIpc) is 3.18. The minimum absolute atomic E-state index is 0.0985. The minimum Gasteiger partial charge on any atom is -0.483 e. The van der Waals surface area contributed by atoms with Crippen molar-refractivity contribution < 1.29 is 36.2 Å². The second-order valence-corrected chi connectivity index (χ2v) is 6.79. The Morgan fingerprint density at radius 1 is 1.10 bits per heavy atom. The van der Waals surface area contributed by atoms with Crippen molar-refractivity contribution in [3.05, 3.63) is 65.0 Å². The van der Waals surface area contributed by atoms with Crippen molar-refractivity contribution in [1.82, 2.24) is 25.2 Å². The van der Waals surface area contributed by atoms with Crippen LogP contribution in [-0.2, 0) is 18.1 Å². The number of aliphatic hydroxyl groups is 1. The molecule has 166 valence electrons. The number of hydrogen-bond donors (Lipinski definition) is 1. The SMILES string of the molecule is OC(Cn1cnnn1)(c1ccc(Cl)cc1F)C(F)(F)c1ccc(OCC(F)(F)F)cn1. The summed E-state index contributed by atoms with van der Waals surface area (Å²) in [6.45, 7) is -2.64. The van der Waals surface area contributed by atoms with E-state index in [1.807, 2.05) is 0 Å². The van der Waals surface area contributed by atoms with Crippen LogP contribution in [0.25, 0.3) is 0 Å². The van der Waals surface area contributed by atoms with Crippen LogP contribution < -0.4 is 4.74 Å². The van der Waals surface area contributed by atoms with Gasteiger partial charge in [-0.3, -0.25) is 4.98 Å². The molecule has 3 aromatic rings. The number of aromatic nitrogens is 5. The van der Waals surface area contributed by atoms with E-state index in [1.165, 1.54) is 0 Å². The largest absolute Gasteiger partial charge is 0.483 e. The molecule has 0 saturated carbocycles. The van der Waals surface area contributed by atoms with Gasteiger partial charge in [-0.15, -0.1) is 5.10 Å². The Balaban J connectivity index is 2.01. The number of halogens is 7. The highest BCUT2D eigenvalue weighted by molar-refractivity contribution is 6.30. The molecule has 14 heteroatoms. The van der Waals surface area contributed by atoms with Gasteiger partial charge in [0, 0.05) is 10.6 Å². The van der Waals surface area contributed by atoms with Crippen LogP contribution in [0, 0.1) is 5.82 Å². The van der Waals surface area contributed by atoms with E-state index in [-0.39, 0.29) is 5.02 Å². The normalized spacial score (nSPS) is 14.3. The summed E-state index contributed by atoms with van der Waals surface area (Å²) in [4.78, 5) is 3.41. The topological polar surface area (TPSA) is 86.0 Å². The first kappa shape index (κ1) is 22.7. The van der Waals surface area contributed by atoms with Crippen molar-refractivity contribution in [2.45, 2.75) is 24.2 Å². The second-order valence-electron chi connectivity index (χ2n) is 6.35. The standard InChI is InChI=1S/C17H12ClF6N5O2/c18-10-1-3-12(13(19)5-10)15(30,7-29-9-26-27-28-29)17(23,24)14-4-2-11(6-25-14)31-8-16(20,21)22/h1-6,9,30H,7-8H2. The van der Waals surface area contributed by atoms with Crippen LogP contribution in [0.5, 0.6) is 5.75 Å². The van der Waals surface area contributed by atoms with Gasteiger partial charge in [-0.05, 0) is 34.7 Å². The van der Waals surface area contributed by atoms with Crippen LogP contribution in [0.15, 0.2) is 42.9 Å². The summed E-state index contributed by atoms with van der Waals surface area (Å²) in [7, 11) is 0. The first-order chi connectivity index (χ1) is 14.4. The maximum absolute atomic E-state index is 15.5. The van der Waals surface area contributed by atoms with Gasteiger partial charge in [-0.1, -0.05) is 17.7 Å².